The number of amidine groups is 1. The maximum Gasteiger partial charge on any atom is 0.419 e. The molecule has 1 aromatic rings. The first-order valence-electron chi connectivity index (χ1n) is 13.4. The number of halogens is 3. The number of aryl methyl sites for hydroxylation is 1. The van der Waals surface area contributed by atoms with Crippen molar-refractivity contribution in [1.29, 1.82) is 0 Å². The standard InChI is InChI=1S/C29H39F3N2O7S/c1-8-16-38-21-20-24(42-25(33-20)34(6)26(35)41-27(3,4)5)40-23(22(21)39-17-9-2)28(36,29(30,31)32)15-14-18-10-12-19(37-7)13-11-18/h8-13,20-24,36H,1-2,14-17H2,3-7H3/t20-,21-,22+,23+,24-,28?/m1/s1. The molecule has 0 aromatic heterocycles. The molecule has 234 valence electrons. The maximum absolute atomic E-state index is 14.8. The molecule has 2 aliphatic heterocycles. The Labute approximate surface area is 248 Å². The number of benzene rings is 1. The van der Waals surface area contributed by atoms with E-state index in [4.69, 9.17) is 23.7 Å². The fraction of sp³-hybridized carbons (Fsp3) is 0.586. The van der Waals surface area contributed by atoms with Crippen LogP contribution in [0.3, 0.4) is 0 Å². The number of fused-ring (bicyclic) bond motifs is 1. The SMILES string of the molecule is C=CCO[C@@H]1[C@H]2N=C(N(C)C(=O)OC(C)(C)C)S[C@H]2O[C@H](C(O)(CCc2ccc(OC)cc2)C(F)(F)F)[C@H]1OCC=C. The van der Waals surface area contributed by atoms with Gasteiger partial charge < -0.3 is 28.8 Å². The first-order chi connectivity index (χ1) is 19.6. The molecule has 1 aromatic carbocycles. The van der Waals surface area contributed by atoms with E-state index in [1.165, 1.54) is 26.3 Å². The smallest absolute Gasteiger partial charge is 0.419 e. The van der Waals surface area contributed by atoms with Crippen LogP contribution in [0.15, 0.2) is 54.6 Å². The van der Waals surface area contributed by atoms with E-state index in [9.17, 15) is 23.1 Å². The van der Waals surface area contributed by atoms with Gasteiger partial charge in [-0.05, 0) is 51.3 Å². The van der Waals surface area contributed by atoms with Crippen LogP contribution in [0.1, 0.15) is 32.8 Å². The predicted molar refractivity (Wildman–Crippen MR) is 154 cm³/mol. The molecule has 0 bridgehead atoms. The van der Waals surface area contributed by atoms with Crippen LogP contribution in [-0.4, -0.2) is 95.8 Å². The van der Waals surface area contributed by atoms with Crippen LogP contribution in [0, 0.1) is 0 Å². The van der Waals surface area contributed by atoms with Gasteiger partial charge in [0.15, 0.2) is 10.8 Å². The quantitative estimate of drug-likeness (QED) is 0.342. The largest absolute Gasteiger partial charge is 0.497 e. The van der Waals surface area contributed by atoms with E-state index in [1.807, 2.05) is 0 Å². The zero-order valence-electron chi connectivity index (χ0n) is 24.4. The summed E-state index contributed by atoms with van der Waals surface area (Å²) >= 11 is 0.948. The minimum atomic E-state index is -5.10. The molecule has 1 fully saturated rings. The molecule has 1 amide bonds. The van der Waals surface area contributed by atoms with Crippen LogP contribution in [0.5, 0.6) is 5.75 Å². The highest BCUT2D eigenvalue weighted by atomic mass is 32.2. The van der Waals surface area contributed by atoms with Crippen LogP contribution in [0.4, 0.5) is 18.0 Å². The Bertz CT molecular complexity index is 1130. The van der Waals surface area contributed by atoms with Crippen molar-refractivity contribution < 1.29 is 46.8 Å². The second-order valence-corrected chi connectivity index (χ2v) is 12.0. The van der Waals surface area contributed by atoms with Gasteiger partial charge in [-0.15, -0.1) is 13.2 Å². The van der Waals surface area contributed by atoms with E-state index in [2.05, 4.69) is 18.2 Å². The number of nitrogens with zero attached hydrogens (tertiary/aromatic N) is 2. The molecule has 9 nitrogen and oxygen atoms in total. The molecule has 0 spiro atoms. The maximum atomic E-state index is 14.8. The molecular formula is C29H39F3N2O7S. The number of carbonyl (C=O) groups excluding carboxylic acids is 1. The lowest BCUT2D eigenvalue weighted by molar-refractivity contribution is -0.330. The Morgan fingerprint density at radius 3 is 2.24 bits per heavy atom. The zero-order valence-corrected chi connectivity index (χ0v) is 25.2. The van der Waals surface area contributed by atoms with E-state index >= 15 is 0 Å². The predicted octanol–water partition coefficient (Wildman–Crippen LogP) is 5.13. The Morgan fingerprint density at radius 2 is 1.71 bits per heavy atom. The number of hydrogen-bond acceptors (Lipinski definition) is 9. The Hall–Kier alpha value is -2.58. The van der Waals surface area contributed by atoms with Crippen molar-refractivity contribution in [3.05, 3.63) is 55.1 Å². The third kappa shape index (κ3) is 7.87. The first-order valence-corrected chi connectivity index (χ1v) is 14.3. The highest BCUT2D eigenvalue weighted by Gasteiger charge is 2.66. The van der Waals surface area contributed by atoms with E-state index < -0.39 is 59.7 Å². The van der Waals surface area contributed by atoms with Crippen molar-refractivity contribution in [3.63, 3.8) is 0 Å². The molecule has 0 saturated carbocycles. The van der Waals surface area contributed by atoms with Gasteiger partial charge in [0.05, 0.1) is 20.3 Å². The Morgan fingerprint density at radius 1 is 1.12 bits per heavy atom. The van der Waals surface area contributed by atoms with E-state index in [-0.39, 0.29) is 24.8 Å². The summed E-state index contributed by atoms with van der Waals surface area (Å²) in [6.07, 6.45) is -8.19. The fourth-order valence-corrected chi connectivity index (χ4v) is 5.74. The van der Waals surface area contributed by atoms with Crippen molar-refractivity contribution in [2.45, 2.75) is 80.8 Å². The summed E-state index contributed by atoms with van der Waals surface area (Å²) < 4.78 is 72.8. The average molecular weight is 617 g/mol. The fourth-order valence-electron chi connectivity index (χ4n) is 4.58. The van der Waals surface area contributed by atoms with Gasteiger partial charge in [-0.3, -0.25) is 9.89 Å². The number of hydrogen-bond donors (Lipinski definition) is 1. The second kappa shape index (κ2) is 13.8. The highest BCUT2D eigenvalue weighted by Crippen LogP contribution is 2.47. The number of alkyl halides is 3. The highest BCUT2D eigenvalue weighted by molar-refractivity contribution is 8.14. The Kier molecular flexibility index (Phi) is 11.2. The molecular weight excluding hydrogens is 577 g/mol. The monoisotopic (exact) mass is 616 g/mol. The summed E-state index contributed by atoms with van der Waals surface area (Å²) in [5.41, 5.74) is -4.58. The Balaban J connectivity index is 1.98. The molecule has 0 aliphatic carbocycles. The molecule has 1 unspecified atom stereocenters. The lowest BCUT2D eigenvalue weighted by Crippen LogP contribution is -2.68. The number of rotatable bonds is 11. The van der Waals surface area contributed by atoms with E-state index in [1.54, 1.807) is 45.0 Å². The van der Waals surface area contributed by atoms with Crippen LogP contribution >= 0.6 is 11.8 Å². The molecule has 6 atom stereocenters. The molecule has 0 radical (unpaired) electrons. The van der Waals surface area contributed by atoms with Crippen LogP contribution in [-0.2, 0) is 25.4 Å². The summed E-state index contributed by atoms with van der Waals surface area (Å²) in [6, 6.07) is 5.67. The van der Waals surface area contributed by atoms with Crippen LogP contribution < -0.4 is 4.74 Å². The van der Waals surface area contributed by atoms with Gasteiger partial charge in [-0.25, -0.2) is 4.79 Å². The summed E-state index contributed by atoms with van der Waals surface area (Å²) in [5.74, 6) is 0.553. The first kappa shape index (κ1) is 33.9. The molecule has 42 heavy (non-hydrogen) atoms. The average Bonchev–Trinajstić information content (AvgIpc) is 3.35. The van der Waals surface area contributed by atoms with Gasteiger partial charge in [0, 0.05) is 7.05 Å². The minimum Gasteiger partial charge on any atom is -0.497 e. The summed E-state index contributed by atoms with van der Waals surface area (Å²) in [6.45, 7) is 12.2. The number of thioether (sulfide) groups is 1. The molecule has 1 N–H and O–H groups in total. The molecule has 3 rings (SSSR count). The zero-order chi connectivity index (χ0) is 31.3. The van der Waals surface area contributed by atoms with Crippen molar-refractivity contribution in [3.8, 4) is 5.75 Å². The van der Waals surface area contributed by atoms with E-state index in [0.717, 1.165) is 16.7 Å². The summed E-state index contributed by atoms with van der Waals surface area (Å²) in [5, 5.41) is 11.6. The van der Waals surface area contributed by atoms with Crippen molar-refractivity contribution in [2.75, 3.05) is 27.4 Å². The van der Waals surface area contributed by atoms with Crippen LogP contribution in [0.25, 0.3) is 0 Å². The van der Waals surface area contributed by atoms with Crippen molar-refractivity contribution in [1.82, 2.24) is 4.90 Å². The van der Waals surface area contributed by atoms with Gasteiger partial charge in [-0.1, -0.05) is 36.0 Å². The lowest BCUT2D eigenvalue weighted by atomic mass is 9.81. The topological polar surface area (TPSA) is 99.1 Å². The van der Waals surface area contributed by atoms with Gasteiger partial charge >= 0.3 is 12.3 Å². The summed E-state index contributed by atoms with van der Waals surface area (Å²) in [7, 11) is 2.93. The second-order valence-electron chi connectivity index (χ2n) is 10.9. The lowest BCUT2D eigenvalue weighted by Gasteiger charge is -2.48. The third-order valence-electron chi connectivity index (χ3n) is 6.68. The minimum absolute atomic E-state index is 0.0255. The molecule has 13 heteroatoms. The van der Waals surface area contributed by atoms with Gasteiger partial charge in [0.25, 0.3) is 0 Å². The molecule has 1 saturated heterocycles. The number of methoxy groups -OCH3 is 1. The number of aliphatic imine (C=N–C) groups is 1. The number of ether oxygens (including phenoxy) is 5. The number of aliphatic hydroxyl groups is 1. The third-order valence-corrected chi connectivity index (χ3v) is 7.89. The molecule has 2 aliphatic rings. The number of carbonyl (C=O) groups is 1. The van der Waals surface area contributed by atoms with Crippen LogP contribution in [0.2, 0.25) is 0 Å². The van der Waals surface area contributed by atoms with E-state index in [0.29, 0.717) is 11.3 Å². The van der Waals surface area contributed by atoms with Crippen molar-refractivity contribution >= 4 is 23.0 Å². The van der Waals surface area contributed by atoms with Gasteiger partial charge in [-0.2, -0.15) is 13.2 Å². The van der Waals surface area contributed by atoms with Gasteiger partial charge in [0.2, 0.25) is 0 Å². The van der Waals surface area contributed by atoms with Crippen molar-refractivity contribution in [2.24, 2.45) is 4.99 Å². The van der Waals surface area contributed by atoms with Gasteiger partial charge in [0.1, 0.15) is 41.1 Å². The normalized spacial score (nSPS) is 25.5. The summed E-state index contributed by atoms with van der Waals surface area (Å²) in [4.78, 5) is 18.5. The molecule has 2 heterocycles. The number of amides is 1.